The van der Waals surface area contributed by atoms with E-state index < -0.39 is 11.9 Å². The molecular weight excluding hydrogens is 312 g/mol. The van der Waals surface area contributed by atoms with Crippen molar-refractivity contribution in [1.82, 2.24) is 14.9 Å². The molecule has 1 atom stereocenters. The minimum Gasteiger partial charge on any atom is -0.462 e. The molecule has 2 aromatic rings. The maximum Gasteiger partial charge on any atom is 0.343 e. The van der Waals surface area contributed by atoms with Gasteiger partial charge in [-0.3, -0.25) is 9.48 Å². The predicted octanol–water partition coefficient (Wildman–Crippen LogP) is 1.96. The molecule has 128 valence electrons. The lowest BCUT2D eigenvalue weighted by atomic mass is 9.88. The van der Waals surface area contributed by atoms with Crippen LogP contribution >= 0.6 is 0 Å². The fourth-order valence-electron chi connectivity index (χ4n) is 2.87. The summed E-state index contributed by atoms with van der Waals surface area (Å²) >= 11 is 0. The van der Waals surface area contributed by atoms with Crippen LogP contribution in [0.4, 0.5) is 5.82 Å². The summed E-state index contributed by atoms with van der Waals surface area (Å²) in [7, 11) is 1.64. The van der Waals surface area contributed by atoms with E-state index in [1.807, 2.05) is 0 Å². The fraction of sp³-hybridized carbons (Fsp3) is 0.500. The van der Waals surface area contributed by atoms with Crippen LogP contribution in [0.25, 0.3) is 0 Å². The molecule has 1 amide bonds. The smallest absolute Gasteiger partial charge is 0.343 e. The first-order valence-electron chi connectivity index (χ1n) is 7.99. The first-order chi connectivity index (χ1) is 11.5. The zero-order valence-electron chi connectivity index (χ0n) is 14.0. The van der Waals surface area contributed by atoms with E-state index in [0.717, 1.165) is 30.6 Å². The van der Waals surface area contributed by atoms with Gasteiger partial charge in [-0.05, 0) is 25.7 Å². The lowest BCUT2D eigenvalue weighted by molar-refractivity contribution is 0.0527. The van der Waals surface area contributed by atoms with E-state index in [4.69, 9.17) is 9.26 Å². The molecule has 3 rings (SSSR count). The molecule has 0 bridgehead atoms. The molecule has 0 aromatic carbocycles. The number of aromatic nitrogens is 3. The van der Waals surface area contributed by atoms with Crippen molar-refractivity contribution in [2.75, 3.05) is 11.9 Å². The fourth-order valence-corrected chi connectivity index (χ4v) is 2.87. The average molecular weight is 332 g/mol. The van der Waals surface area contributed by atoms with Gasteiger partial charge in [0.1, 0.15) is 17.1 Å². The van der Waals surface area contributed by atoms with E-state index in [9.17, 15) is 9.59 Å². The van der Waals surface area contributed by atoms with Gasteiger partial charge < -0.3 is 14.6 Å². The van der Waals surface area contributed by atoms with Gasteiger partial charge in [-0.15, -0.1) is 0 Å². The third kappa shape index (κ3) is 2.91. The van der Waals surface area contributed by atoms with Crippen molar-refractivity contribution in [3.8, 4) is 0 Å². The molecule has 1 aliphatic carbocycles. The Morgan fingerprint density at radius 1 is 1.50 bits per heavy atom. The second-order valence-electron chi connectivity index (χ2n) is 5.99. The van der Waals surface area contributed by atoms with Gasteiger partial charge in [-0.25, -0.2) is 4.79 Å². The maximum absolute atomic E-state index is 12.6. The maximum atomic E-state index is 12.6. The summed E-state index contributed by atoms with van der Waals surface area (Å²) in [4.78, 5) is 24.6. The summed E-state index contributed by atoms with van der Waals surface area (Å²) in [6.07, 6.45) is 3.94. The third-order valence-corrected chi connectivity index (χ3v) is 4.17. The number of carbonyl (C=O) groups excluding carboxylic acids is 2. The Labute approximate surface area is 139 Å². The Morgan fingerprint density at radius 3 is 3.04 bits per heavy atom. The van der Waals surface area contributed by atoms with Crippen LogP contribution in [0.3, 0.4) is 0 Å². The minimum absolute atomic E-state index is 0.207. The predicted molar refractivity (Wildman–Crippen MR) is 84.8 cm³/mol. The van der Waals surface area contributed by atoms with Crippen LogP contribution in [0, 0.1) is 5.92 Å². The van der Waals surface area contributed by atoms with Gasteiger partial charge in [0.15, 0.2) is 5.69 Å². The van der Waals surface area contributed by atoms with Gasteiger partial charge in [0.25, 0.3) is 5.91 Å². The summed E-state index contributed by atoms with van der Waals surface area (Å²) in [5.41, 5.74) is 1.33. The summed E-state index contributed by atoms with van der Waals surface area (Å²) in [5.74, 6) is 0.586. The molecule has 8 nitrogen and oxygen atoms in total. The second-order valence-corrected chi connectivity index (χ2v) is 5.99. The van der Waals surface area contributed by atoms with E-state index in [1.165, 1.54) is 10.9 Å². The molecule has 2 heterocycles. The summed E-state index contributed by atoms with van der Waals surface area (Å²) < 4.78 is 11.7. The molecule has 0 aliphatic heterocycles. The third-order valence-electron chi connectivity index (χ3n) is 4.17. The zero-order valence-corrected chi connectivity index (χ0v) is 14.0. The van der Waals surface area contributed by atoms with Gasteiger partial charge in [0.2, 0.25) is 0 Å². The topological polar surface area (TPSA) is 99.2 Å². The highest BCUT2D eigenvalue weighted by Gasteiger charge is 2.28. The molecule has 1 aliphatic rings. The summed E-state index contributed by atoms with van der Waals surface area (Å²) in [5, 5.41) is 10.6. The van der Waals surface area contributed by atoms with Crippen molar-refractivity contribution in [3.63, 3.8) is 0 Å². The lowest BCUT2D eigenvalue weighted by Gasteiger charge is -2.16. The molecule has 1 N–H and O–H groups in total. The van der Waals surface area contributed by atoms with Gasteiger partial charge >= 0.3 is 5.97 Å². The van der Waals surface area contributed by atoms with Crippen molar-refractivity contribution in [1.29, 1.82) is 0 Å². The minimum atomic E-state index is -0.531. The zero-order chi connectivity index (χ0) is 17.3. The number of carbonyl (C=O) groups is 2. The Bertz CT molecular complexity index is 777. The van der Waals surface area contributed by atoms with Crippen LogP contribution in [-0.2, 0) is 24.6 Å². The quantitative estimate of drug-likeness (QED) is 0.859. The number of rotatable bonds is 4. The van der Waals surface area contributed by atoms with Crippen LogP contribution < -0.4 is 5.32 Å². The molecule has 0 fully saturated rings. The van der Waals surface area contributed by atoms with Crippen molar-refractivity contribution >= 4 is 17.7 Å². The molecule has 2 aromatic heterocycles. The van der Waals surface area contributed by atoms with Crippen molar-refractivity contribution < 1.29 is 18.8 Å². The van der Waals surface area contributed by atoms with Crippen molar-refractivity contribution in [3.05, 3.63) is 28.8 Å². The van der Waals surface area contributed by atoms with E-state index in [0.29, 0.717) is 5.92 Å². The highest BCUT2D eigenvalue weighted by Crippen LogP contribution is 2.28. The van der Waals surface area contributed by atoms with Crippen molar-refractivity contribution in [2.24, 2.45) is 13.0 Å². The van der Waals surface area contributed by atoms with E-state index in [1.54, 1.807) is 14.0 Å². The highest BCUT2D eigenvalue weighted by molar-refractivity contribution is 6.07. The van der Waals surface area contributed by atoms with Crippen LogP contribution in [0.2, 0.25) is 0 Å². The number of nitrogens with one attached hydrogen (secondary N) is 1. The normalized spacial score (nSPS) is 16.5. The van der Waals surface area contributed by atoms with Gasteiger partial charge in [-0.1, -0.05) is 12.1 Å². The van der Waals surface area contributed by atoms with E-state index in [-0.39, 0.29) is 23.7 Å². The lowest BCUT2D eigenvalue weighted by Crippen LogP contribution is -2.20. The Kier molecular flexibility index (Phi) is 4.37. The largest absolute Gasteiger partial charge is 0.462 e. The number of aryl methyl sites for hydroxylation is 2. The first-order valence-corrected chi connectivity index (χ1v) is 7.99. The van der Waals surface area contributed by atoms with Crippen LogP contribution in [0.1, 0.15) is 52.4 Å². The highest BCUT2D eigenvalue weighted by atomic mass is 16.5. The van der Waals surface area contributed by atoms with Gasteiger partial charge in [0.05, 0.1) is 12.8 Å². The number of fused-ring (bicyclic) bond motifs is 1. The number of esters is 1. The number of amides is 1. The van der Waals surface area contributed by atoms with Gasteiger partial charge in [0, 0.05) is 19.0 Å². The Morgan fingerprint density at radius 2 is 2.29 bits per heavy atom. The standard InChI is InChI=1S/C16H20N4O4/c1-4-23-16(22)11-8-17-20(3)14(11)18-15(21)13-10-7-9(2)5-6-12(10)24-19-13/h8-9H,4-7H2,1-3H3,(H,18,21). The van der Waals surface area contributed by atoms with Gasteiger partial charge in [-0.2, -0.15) is 5.10 Å². The number of hydrogen-bond acceptors (Lipinski definition) is 6. The van der Waals surface area contributed by atoms with Crippen molar-refractivity contribution in [2.45, 2.75) is 33.1 Å². The van der Waals surface area contributed by atoms with E-state index in [2.05, 4.69) is 22.5 Å². The Hall–Kier alpha value is -2.64. The number of nitrogens with zero attached hydrogens (tertiary/aromatic N) is 3. The molecule has 1 unspecified atom stereocenters. The molecule has 0 saturated carbocycles. The van der Waals surface area contributed by atoms with E-state index >= 15 is 0 Å². The molecule has 0 spiro atoms. The van der Waals surface area contributed by atoms with Crippen LogP contribution in [0.5, 0.6) is 0 Å². The van der Waals surface area contributed by atoms with Crippen LogP contribution in [-0.4, -0.2) is 33.4 Å². The van der Waals surface area contributed by atoms with Crippen LogP contribution in [0.15, 0.2) is 10.7 Å². The Balaban J connectivity index is 1.85. The molecular formula is C16H20N4O4. The monoisotopic (exact) mass is 332 g/mol. The first kappa shape index (κ1) is 16.2. The number of ether oxygens (including phenoxy) is 1. The summed E-state index contributed by atoms with van der Waals surface area (Å²) in [6.45, 7) is 4.10. The average Bonchev–Trinajstić information content (AvgIpc) is 3.11. The molecule has 24 heavy (non-hydrogen) atoms. The SMILES string of the molecule is CCOC(=O)c1cnn(C)c1NC(=O)c1noc2c1CC(C)CC2. The second kappa shape index (κ2) is 6.46. The molecule has 8 heteroatoms. The number of hydrogen-bond donors (Lipinski definition) is 1. The molecule has 0 saturated heterocycles. The summed E-state index contributed by atoms with van der Waals surface area (Å²) in [6, 6.07) is 0. The number of anilines is 1. The molecule has 0 radical (unpaired) electrons.